The van der Waals surface area contributed by atoms with Crippen molar-refractivity contribution in [1.29, 1.82) is 0 Å². The van der Waals surface area contributed by atoms with Crippen molar-refractivity contribution in [3.05, 3.63) is 0 Å². The van der Waals surface area contributed by atoms with Crippen molar-refractivity contribution in [1.82, 2.24) is 0 Å². The minimum Gasteiger partial charge on any atom is -0.481 e. The highest BCUT2D eigenvalue weighted by molar-refractivity contribution is 8.78. The van der Waals surface area contributed by atoms with E-state index in [4.69, 9.17) is 0 Å². The molecule has 0 aliphatic carbocycles. The Balaban J connectivity index is 3.27. The third kappa shape index (κ3) is 48.2. The molecule has 1 rings (SSSR count). The van der Waals surface area contributed by atoms with Crippen LogP contribution in [0.5, 0.6) is 0 Å². The minimum absolute atomic E-state index is 0.164. The van der Waals surface area contributed by atoms with E-state index < -0.39 is 35.8 Å². The van der Waals surface area contributed by atoms with Crippen LogP contribution in [0, 0.1) is 0 Å². The molecule has 6 unspecified atom stereocenters. The van der Waals surface area contributed by atoms with E-state index in [1.807, 2.05) is 130 Å². The molecule has 0 saturated carbocycles. The quantitative estimate of drug-likeness (QED) is 0.0290. The molecule has 6 N–H and O–H groups in total. The van der Waals surface area contributed by atoms with Crippen molar-refractivity contribution >= 4 is 165 Å². The topological polar surface area (TPSA) is 224 Å². The molecule has 0 aromatic rings. The fourth-order valence-corrected chi connectivity index (χ4v) is 25.3. The second-order valence-corrected chi connectivity index (χ2v) is 34.5. The standard InChI is InChI=1S/C48H84O12S12/c49-43(50)19-7-1-13-37-25-31-61-62-32-26-38(14-2-8-20-44(51)52)68-65-35-29-41(17-5-11-23-47(57)58)71-72-42(18-6-12-24-48(59)60)30-36-66-70-40(16-4-10-22-46(55)56)28-34-64-69-39(27-33-63-67-37)15-3-9-21-45(53)54/h37-42H,1-36H2,(H,49,50)(H,51,52)(H,53,54)(H,55,56)(H,57,58)(H,59,60). The summed E-state index contributed by atoms with van der Waals surface area (Å²) in [7, 11) is 23.0. The summed E-state index contributed by atoms with van der Waals surface area (Å²) in [5.74, 6) is 1.31. The maximum absolute atomic E-state index is 11.3. The van der Waals surface area contributed by atoms with Gasteiger partial charge in [-0.05, 0) is 116 Å². The summed E-state index contributed by atoms with van der Waals surface area (Å²) in [5, 5.41) is 58.0. The van der Waals surface area contributed by atoms with Gasteiger partial charge in [-0.15, -0.1) is 0 Å². The van der Waals surface area contributed by atoms with Crippen molar-refractivity contribution in [2.75, 3.05) is 34.5 Å². The molecule has 1 heterocycles. The van der Waals surface area contributed by atoms with Crippen LogP contribution in [0.15, 0.2) is 0 Å². The predicted molar refractivity (Wildman–Crippen MR) is 327 cm³/mol. The maximum Gasteiger partial charge on any atom is 0.303 e. The molecule has 0 radical (unpaired) electrons. The number of hydrogen-bond acceptors (Lipinski definition) is 18. The summed E-state index contributed by atoms with van der Waals surface area (Å²) in [5.41, 5.74) is 0. The van der Waals surface area contributed by atoms with Crippen LogP contribution < -0.4 is 0 Å². The van der Waals surface area contributed by atoms with Crippen LogP contribution in [0.2, 0.25) is 0 Å². The molecule has 420 valence electrons. The van der Waals surface area contributed by atoms with Gasteiger partial charge in [-0.3, -0.25) is 28.8 Å². The number of aliphatic carboxylic acids is 6. The van der Waals surface area contributed by atoms with Crippen LogP contribution in [-0.4, -0.2) is 132 Å². The van der Waals surface area contributed by atoms with E-state index >= 15 is 0 Å². The fraction of sp³-hybridized carbons (Fsp3) is 0.875. The highest BCUT2D eigenvalue weighted by atomic mass is 33.1. The third-order valence-electron chi connectivity index (χ3n) is 11.4. The molecule has 24 heteroatoms. The van der Waals surface area contributed by atoms with E-state index in [0.717, 1.165) is 150 Å². The number of carboxylic acid groups (broad SMARTS) is 6. The van der Waals surface area contributed by atoms with Crippen molar-refractivity contribution in [2.24, 2.45) is 0 Å². The van der Waals surface area contributed by atoms with Crippen LogP contribution in [0.3, 0.4) is 0 Å². The molecule has 0 bridgehead atoms. The summed E-state index contributed by atoms with van der Waals surface area (Å²) in [4.78, 5) is 67.7. The molecule has 0 aromatic carbocycles. The fourth-order valence-electron chi connectivity index (χ4n) is 7.26. The average molecular weight is 1240 g/mol. The van der Waals surface area contributed by atoms with Crippen LogP contribution in [-0.2, 0) is 28.8 Å². The van der Waals surface area contributed by atoms with Gasteiger partial charge in [-0.25, -0.2) is 0 Å². The average Bonchev–Trinajstić information content (AvgIpc) is 3.32. The van der Waals surface area contributed by atoms with Gasteiger partial charge < -0.3 is 30.6 Å². The Kier molecular flexibility index (Phi) is 49.6. The van der Waals surface area contributed by atoms with Gasteiger partial charge in [0.1, 0.15) is 0 Å². The molecule has 1 aliphatic rings. The molecular formula is C48H84O12S12. The zero-order valence-electron chi connectivity index (χ0n) is 42.0. The summed E-state index contributed by atoms with van der Waals surface area (Å²) >= 11 is 0. The van der Waals surface area contributed by atoms with Gasteiger partial charge in [0.25, 0.3) is 0 Å². The van der Waals surface area contributed by atoms with Gasteiger partial charge in [0, 0.05) is 105 Å². The van der Waals surface area contributed by atoms with Crippen molar-refractivity contribution in [2.45, 2.75) is 224 Å². The van der Waals surface area contributed by atoms with Crippen LogP contribution in [0.25, 0.3) is 0 Å². The van der Waals surface area contributed by atoms with E-state index in [1.165, 1.54) is 0 Å². The smallest absolute Gasteiger partial charge is 0.303 e. The molecule has 6 atom stereocenters. The number of carbonyl (C=O) groups is 6. The minimum atomic E-state index is -0.773. The second-order valence-electron chi connectivity index (χ2n) is 17.8. The van der Waals surface area contributed by atoms with Crippen LogP contribution >= 0.6 is 130 Å². The van der Waals surface area contributed by atoms with E-state index in [1.54, 1.807) is 0 Å². The lowest BCUT2D eigenvalue weighted by Crippen LogP contribution is -2.09. The number of carboxylic acids is 6. The molecule has 1 fully saturated rings. The lowest BCUT2D eigenvalue weighted by Gasteiger charge is -2.22. The highest BCUT2D eigenvalue weighted by Gasteiger charge is 2.20. The molecule has 1 aliphatic heterocycles. The molecule has 0 amide bonds. The van der Waals surface area contributed by atoms with E-state index in [2.05, 4.69) is 0 Å². The number of rotatable bonds is 30. The lowest BCUT2D eigenvalue weighted by atomic mass is 10.1. The van der Waals surface area contributed by atoms with Crippen molar-refractivity contribution in [3.8, 4) is 0 Å². The van der Waals surface area contributed by atoms with Gasteiger partial charge in [0.05, 0.1) is 0 Å². The Labute approximate surface area is 478 Å². The van der Waals surface area contributed by atoms with Gasteiger partial charge >= 0.3 is 35.8 Å². The lowest BCUT2D eigenvalue weighted by molar-refractivity contribution is -0.138. The van der Waals surface area contributed by atoms with Crippen molar-refractivity contribution in [3.63, 3.8) is 0 Å². The molecule has 0 spiro atoms. The number of hydrogen-bond donors (Lipinski definition) is 6. The van der Waals surface area contributed by atoms with E-state index in [0.29, 0.717) is 70.0 Å². The zero-order chi connectivity index (χ0) is 52.9. The molecule has 0 aromatic heterocycles. The summed E-state index contributed by atoms with van der Waals surface area (Å²) in [6.07, 6.45) is 22.0. The Morgan fingerprint density at radius 2 is 0.417 bits per heavy atom. The second kappa shape index (κ2) is 50.3. The first kappa shape index (κ1) is 71.0. The zero-order valence-corrected chi connectivity index (χ0v) is 51.7. The van der Waals surface area contributed by atoms with Gasteiger partial charge in [-0.1, -0.05) is 168 Å². The van der Waals surface area contributed by atoms with Gasteiger partial charge in [0.2, 0.25) is 0 Å². The Bertz CT molecular complexity index is 1430. The SMILES string of the molecule is O=C(O)CCCCC1CCSSCCC(CCCCC(=O)O)SSCCC(CCCCC(=O)O)SSC(CCCCC(=O)O)CCSSC(CCCCC(=O)O)CCSSC(CCCCC(=O)O)CCSS1. The first-order valence-corrected chi connectivity index (χ1v) is 40.0. The predicted octanol–water partition coefficient (Wildman–Crippen LogP) is 16.7. The van der Waals surface area contributed by atoms with Gasteiger partial charge in [0.15, 0.2) is 0 Å². The van der Waals surface area contributed by atoms with E-state index in [9.17, 15) is 59.4 Å². The molecule has 1 saturated heterocycles. The maximum atomic E-state index is 11.3. The first-order chi connectivity index (χ1) is 34.7. The third-order valence-corrected chi connectivity index (χ3v) is 29.4. The monoisotopic (exact) mass is 1240 g/mol. The normalized spacial score (nSPS) is 22.8. The molecule has 12 nitrogen and oxygen atoms in total. The Morgan fingerprint density at radius 3 is 0.597 bits per heavy atom. The number of unbranched alkanes of at least 4 members (excludes halogenated alkanes) is 6. The Morgan fingerprint density at radius 1 is 0.250 bits per heavy atom. The summed E-state index contributed by atoms with van der Waals surface area (Å²) in [6.45, 7) is 0. The summed E-state index contributed by atoms with van der Waals surface area (Å²) < 4.78 is 0. The van der Waals surface area contributed by atoms with Crippen molar-refractivity contribution < 1.29 is 59.4 Å². The first-order valence-electron chi connectivity index (χ1n) is 25.7. The van der Waals surface area contributed by atoms with Gasteiger partial charge in [-0.2, -0.15) is 0 Å². The molecular weight excluding hydrogens is 1150 g/mol. The van der Waals surface area contributed by atoms with Crippen LogP contribution in [0.1, 0.15) is 193 Å². The highest BCUT2D eigenvalue weighted by Crippen LogP contribution is 2.44. The van der Waals surface area contributed by atoms with Crippen LogP contribution in [0.4, 0.5) is 0 Å². The largest absolute Gasteiger partial charge is 0.481 e. The molecule has 72 heavy (non-hydrogen) atoms. The van der Waals surface area contributed by atoms with E-state index in [-0.39, 0.29) is 38.5 Å². The Hall–Kier alpha value is 1.02. The summed E-state index contributed by atoms with van der Waals surface area (Å²) in [6, 6.07) is 0.